The predicted octanol–water partition coefficient (Wildman–Crippen LogP) is 2.06. The highest BCUT2D eigenvalue weighted by Crippen LogP contribution is 2.27. The quantitative estimate of drug-likeness (QED) is 0.916. The monoisotopic (exact) mass is 281 g/mol. The highest BCUT2D eigenvalue weighted by molar-refractivity contribution is 5.97. The zero-order valence-corrected chi connectivity index (χ0v) is 12.0. The molecule has 0 spiro atoms. The summed E-state index contributed by atoms with van der Waals surface area (Å²) in [5, 5.41) is 4.22. The maximum absolute atomic E-state index is 12.5. The van der Waals surface area contributed by atoms with Gasteiger partial charge in [0.2, 0.25) is 0 Å². The summed E-state index contributed by atoms with van der Waals surface area (Å²) < 4.78 is 0. The van der Waals surface area contributed by atoms with Crippen molar-refractivity contribution in [1.82, 2.24) is 15.2 Å². The maximum Gasteiger partial charge on any atom is 0.253 e. The lowest BCUT2D eigenvalue weighted by Crippen LogP contribution is -2.57. The van der Waals surface area contributed by atoms with E-state index in [0.717, 1.165) is 17.4 Å². The molecule has 3 saturated heterocycles. The molecule has 4 nitrogen and oxygen atoms in total. The molecule has 1 N–H and O–H groups in total. The van der Waals surface area contributed by atoms with Gasteiger partial charge >= 0.3 is 0 Å². The van der Waals surface area contributed by atoms with E-state index < -0.39 is 0 Å². The minimum Gasteiger partial charge on any atom is -0.348 e. The molecule has 0 radical (unpaired) electrons. The number of nitrogens with zero attached hydrogens (tertiary/aromatic N) is 2. The number of aromatic nitrogens is 1. The molecule has 1 amide bonds. The second kappa shape index (κ2) is 5.11. The minimum absolute atomic E-state index is 0.00648. The van der Waals surface area contributed by atoms with Gasteiger partial charge in [-0.3, -0.25) is 9.78 Å². The summed E-state index contributed by atoms with van der Waals surface area (Å²) in [4.78, 5) is 19.3. The van der Waals surface area contributed by atoms with E-state index in [0.29, 0.717) is 17.5 Å². The summed E-state index contributed by atoms with van der Waals surface area (Å²) >= 11 is 0. The van der Waals surface area contributed by atoms with Gasteiger partial charge in [0, 0.05) is 24.2 Å². The normalized spacial score (nSPS) is 27.7. The van der Waals surface area contributed by atoms with Crippen molar-refractivity contribution in [2.24, 2.45) is 5.92 Å². The van der Waals surface area contributed by atoms with Crippen molar-refractivity contribution in [2.45, 2.75) is 18.9 Å². The van der Waals surface area contributed by atoms with Crippen molar-refractivity contribution in [3.63, 3.8) is 0 Å². The van der Waals surface area contributed by atoms with Gasteiger partial charge in [0.15, 0.2) is 0 Å². The number of hydrogen-bond donors (Lipinski definition) is 1. The molecular formula is C17H19N3O. The number of fused-ring (bicyclic) bond motifs is 4. The first-order valence-electron chi connectivity index (χ1n) is 7.67. The Balaban J connectivity index is 1.53. The van der Waals surface area contributed by atoms with Crippen molar-refractivity contribution in [2.75, 3.05) is 19.6 Å². The van der Waals surface area contributed by atoms with Crippen LogP contribution in [0.3, 0.4) is 0 Å². The lowest BCUT2D eigenvalue weighted by atomic mass is 9.84. The number of carbonyl (C=O) groups excluding carboxylic acids is 1. The molecule has 108 valence electrons. The third kappa shape index (κ3) is 2.40. The van der Waals surface area contributed by atoms with Crippen LogP contribution in [0.1, 0.15) is 23.2 Å². The van der Waals surface area contributed by atoms with Gasteiger partial charge in [0.25, 0.3) is 5.91 Å². The summed E-state index contributed by atoms with van der Waals surface area (Å²) in [6.45, 7) is 3.38. The van der Waals surface area contributed by atoms with Crippen LogP contribution in [0.5, 0.6) is 0 Å². The highest BCUT2D eigenvalue weighted by atomic mass is 16.1. The van der Waals surface area contributed by atoms with Gasteiger partial charge in [0.1, 0.15) is 0 Å². The second-order valence-electron chi connectivity index (χ2n) is 6.13. The van der Waals surface area contributed by atoms with Crippen molar-refractivity contribution in [3.8, 4) is 0 Å². The van der Waals surface area contributed by atoms with Crippen molar-refractivity contribution >= 4 is 16.8 Å². The Bertz CT molecular complexity index is 677. The summed E-state index contributed by atoms with van der Waals surface area (Å²) in [5.41, 5.74) is 1.59. The standard InChI is InChI=1S/C17H19N3O/c21-17(19-16-11-20-7-5-12(16)6-8-20)14-9-13-3-1-2-4-15(13)18-10-14/h1-4,9-10,12,16H,5-8,11H2,(H,19,21). The van der Waals surface area contributed by atoms with E-state index in [1.165, 1.54) is 25.9 Å². The molecule has 2 aromatic rings. The Labute approximate surface area is 124 Å². The van der Waals surface area contributed by atoms with Crippen LogP contribution in [0.25, 0.3) is 10.9 Å². The van der Waals surface area contributed by atoms with E-state index in [9.17, 15) is 4.79 Å². The van der Waals surface area contributed by atoms with Gasteiger partial charge in [-0.2, -0.15) is 0 Å². The fourth-order valence-corrected chi connectivity index (χ4v) is 3.58. The molecule has 3 aliphatic heterocycles. The average molecular weight is 281 g/mol. The van der Waals surface area contributed by atoms with Gasteiger partial charge in [-0.15, -0.1) is 0 Å². The van der Waals surface area contributed by atoms with E-state index in [2.05, 4.69) is 15.2 Å². The van der Waals surface area contributed by atoms with Crippen molar-refractivity contribution in [1.29, 1.82) is 0 Å². The van der Waals surface area contributed by atoms with Crippen molar-refractivity contribution < 1.29 is 4.79 Å². The Morgan fingerprint density at radius 1 is 1.24 bits per heavy atom. The van der Waals surface area contributed by atoms with Crippen LogP contribution in [0.4, 0.5) is 0 Å². The van der Waals surface area contributed by atoms with E-state index in [1.807, 2.05) is 30.3 Å². The Hall–Kier alpha value is -1.94. The Morgan fingerprint density at radius 3 is 2.81 bits per heavy atom. The molecule has 1 atom stereocenters. The number of para-hydroxylation sites is 1. The molecule has 0 aliphatic carbocycles. The van der Waals surface area contributed by atoms with E-state index in [1.54, 1.807) is 6.20 Å². The van der Waals surface area contributed by atoms with Gasteiger partial charge in [-0.05, 0) is 44.0 Å². The van der Waals surface area contributed by atoms with Gasteiger partial charge in [-0.25, -0.2) is 0 Å². The molecular weight excluding hydrogens is 262 g/mol. The molecule has 1 aromatic carbocycles. The number of pyridine rings is 1. The van der Waals surface area contributed by atoms with Crippen molar-refractivity contribution in [3.05, 3.63) is 42.1 Å². The molecule has 3 fully saturated rings. The van der Waals surface area contributed by atoms with Crippen LogP contribution in [-0.2, 0) is 0 Å². The fourth-order valence-electron chi connectivity index (χ4n) is 3.58. The molecule has 2 bridgehead atoms. The zero-order chi connectivity index (χ0) is 14.2. The smallest absolute Gasteiger partial charge is 0.253 e. The lowest BCUT2D eigenvalue weighted by Gasteiger charge is -2.44. The minimum atomic E-state index is 0.00648. The molecule has 3 aliphatic rings. The van der Waals surface area contributed by atoms with Crippen LogP contribution in [0.15, 0.2) is 36.5 Å². The van der Waals surface area contributed by atoms with E-state index >= 15 is 0 Å². The highest BCUT2D eigenvalue weighted by Gasteiger charge is 2.34. The predicted molar refractivity (Wildman–Crippen MR) is 82.2 cm³/mol. The summed E-state index contributed by atoms with van der Waals surface area (Å²) in [6, 6.07) is 10.1. The van der Waals surface area contributed by atoms with Gasteiger partial charge in [0.05, 0.1) is 11.1 Å². The van der Waals surface area contributed by atoms with Gasteiger partial charge < -0.3 is 10.2 Å². The topological polar surface area (TPSA) is 45.2 Å². The third-order valence-corrected chi connectivity index (χ3v) is 4.83. The first kappa shape index (κ1) is 12.8. The number of carbonyl (C=O) groups is 1. The van der Waals surface area contributed by atoms with Gasteiger partial charge in [-0.1, -0.05) is 18.2 Å². The Morgan fingerprint density at radius 2 is 2.05 bits per heavy atom. The second-order valence-corrected chi connectivity index (χ2v) is 6.13. The van der Waals surface area contributed by atoms with E-state index in [-0.39, 0.29) is 5.91 Å². The first-order chi connectivity index (χ1) is 10.3. The van der Waals surface area contributed by atoms with Crippen LogP contribution >= 0.6 is 0 Å². The van der Waals surface area contributed by atoms with Crippen LogP contribution in [-0.4, -0.2) is 41.5 Å². The molecule has 0 saturated carbocycles. The zero-order valence-electron chi connectivity index (χ0n) is 12.0. The fraction of sp³-hybridized carbons (Fsp3) is 0.412. The summed E-state index contributed by atoms with van der Waals surface area (Å²) in [5.74, 6) is 0.652. The molecule has 5 rings (SSSR count). The number of nitrogens with one attached hydrogen (secondary N) is 1. The number of piperidine rings is 3. The molecule has 21 heavy (non-hydrogen) atoms. The number of rotatable bonds is 2. The average Bonchev–Trinajstić information content (AvgIpc) is 2.55. The third-order valence-electron chi connectivity index (χ3n) is 4.83. The van der Waals surface area contributed by atoms with Crippen LogP contribution in [0.2, 0.25) is 0 Å². The SMILES string of the molecule is O=C(NC1CN2CCC1CC2)c1cnc2ccccc2c1. The molecule has 4 heteroatoms. The largest absolute Gasteiger partial charge is 0.348 e. The first-order valence-corrected chi connectivity index (χ1v) is 7.67. The van der Waals surface area contributed by atoms with Crippen LogP contribution in [0, 0.1) is 5.92 Å². The Kier molecular flexibility index (Phi) is 3.11. The molecule has 1 unspecified atom stereocenters. The number of amides is 1. The maximum atomic E-state index is 12.5. The number of benzene rings is 1. The summed E-state index contributed by atoms with van der Waals surface area (Å²) in [7, 11) is 0. The summed E-state index contributed by atoms with van der Waals surface area (Å²) in [6.07, 6.45) is 4.10. The number of hydrogen-bond acceptors (Lipinski definition) is 3. The lowest BCUT2D eigenvalue weighted by molar-refractivity contribution is 0.0620. The molecule has 4 heterocycles. The van der Waals surface area contributed by atoms with E-state index in [4.69, 9.17) is 0 Å². The van der Waals surface area contributed by atoms with Crippen LogP contribution < -0.4 is 5.32 Å². The molecule has 1 aromatic heterocycles.